The molecule has 1 heteroatoms. The summed E-state index contributed by atoms with van der Waals surface area (Å²) in [4.78, 5) is 0. The Kier molecular flexibility index (Phi) is 8.11. The second-order valence-electron chi connectivity index (χ2n) is 4.00. The van der Waals surface area contributed by atoms with Gasteiger partial charge in [0.25, 0.3) is 0 Å². The molecule has 0 fully saturated rings. The summed E-state index contributed by atoms with van der Waals surface area (Å²) >= 11 is 0. The van der Waals surface area contributed by atoms with E-state index in [0.29, 0.717) is 0 Å². The van der Waals surface area contributed by atoms with Crippen LogP contribution in [0.15, 0.2) is 84.0 Å². The molecular weight excluding hydrogens is 255 g/mol. The molecule has 1 aromatic rings. The molecule has 2 rings (SSSR count). The number of benzene rings is 1. The van der Waals surface area contributed by atoms with Crippen molar-refractivity contribution < 1.29 is 51.4 Å². The van der Waals surface area contributed by atoms with Gasteiger partial charge in [-0.15, -0.1) is 47.6 Å². The molecule has 0 aliphatic heterocycles. The van der Waals surface area contributed by atoms with Crippen molar-refractivity contribution in [2.45, 2.75) is 6.42 Å². The maximum absolute atomic E-state index is 3.88. The molecule has 0 unspecified atom stereocenters. The Morgan fingerprint density at radius 1 is 1.16 bits per heavy atom. The predicted octanol–water partition coefficient (Wildman–Crippen LogP) is 1.60. The minimum atomic E-state index is 0. The van der Waals surface area contributed by atoms with Crippen molar-refractivity contribution in [1.29, 1.82) is 0 Å². The Morgan fingerprint density at radius 3 is 2.68 bits per heavy atom. The van der Waals surface area contributed by atoms with E-state index in [-0.39, 0.29) is 51.4 Å². The van der Waals surface area contributed by atoms with Gasteiger partial charge in [0.2, 0.25) is 0 Å². The Hall–Kier alpha value is -0.574. The quantitative estimate of drug-likeness (QED) is 0.445. The first-order chi connectivity index (χ1) is 8.90. The van der Waals surface area contributed by atoms with E-state index in [0.717, 1.165) is 17.6 Å². The first-order valence-corrected chi connectivity index (χ1v) is 6.08. The van der Waals surface area contributed by atoms with Gasteiger partial charge in [-0.25, -0.2) is 6.92 Å². The molecule has 0 N–H and O–H groups in total. The molecule has 1 aliphatic rings. The summed E-state index contributed by atoms with van der Waals surface area (Å²) in [5, 5.41) is 0. The molecule has 0 saturated carbocycles. The average Bonchev–Trinajstić information content (AvgIpc) is 2.70. The molecular formula is C18H16K-. The Labute approximate surface area is 158 Å². The molecule has 1 aromatic carbocycles. The summed E-state index contributed by atoms with van der Waals surface area (Å²) in [6, 6.07) is 10.1. The van der Waals surface area contributed by atoms with Crippen LogP contribution in [0.3, 0.4) is 0 Å². The molecule has 0 spiro atoms. The van der Waals surface area contributed by atoms with Crippen molar-refractivity contribution in [2.24, 2.45) is 0 Å². The summed E-state index contributed by atoms with van der Waals surface area (Å²) in [5.74, 6) is 0. The summed E-state index contributed by atoms with van der Waals surface area (Å²) in [5.41, 5.74) is 3.37. The third-order valence-electron chi connectivity index (χ3n) is 2.72. The van der Waals surface area contributed by atoms with E-state index in [1.165, 1.54) is 5.57 Å². The van der Waals surface area contributed by atoms with Gasteiger partial charge in [-0.2, -0.15) is 6.08 Å². The summed E-state index contributed by atoms with van der Waals surface area (Å²) in [7, 11) is 0. The predicted molar refractivity (Wildman–Crippen MR) is 77.8 cm³/mol. The van der Waals surface area contributed by atoms with Gasteiger partial charge in [0.15, 0.2) is 0 Å². The monoisotopic (exact) mass is 271 g/mol. The molecule has 0 aromatic heterocycles. The first kappa shape index (κ1) is 16.5. The number of rotatable bonds is 3. The molecule has 0 radical (unpaired) electrons. The fourth-order valence-corrected chi connectivity index (χ4v) is 1.75. The van der Waals surface area contributed by atoms with Crippen LogP contribution in [0, 0.1) is 13.0 Å². The third-order valence-corrected chi connectivity index (χ3v) is 2.72. The molecule has 0 saturated heterocycles. The molecule has 0 atom stereocenters. The van der Waals surface area contributed by atoms with Crippen LogP contribution in [-0.4, -0.2) is 0 Å². The van der Waals surface area contributed by atoms with Gasteiger partial charge in [-0.3, -0.25) is 0 Å². The minimum absolute atomic E-state index is 0. The minimum Gasteiger partial charge on any atom is -0.236 e. The maximum Gasteiger partial charge on any atom is 1.00 e. The van der Waals surface area contributed by atoms with Crippen LogP contribution < -0.4 is 51.4 Å². The molecule has 1 aliphatic carbocycles. The van der Waals surface area contributed by atoms with E-state index in [4.69, 9.17) is 0 Å². The van der Waals surface area contributed by atoms with Gasteiger partial charge in [0, 0.05) is 0 Å². The van der Waals surface area contributed by atoms with Gasteiger partial charge < -0.3 is 0 Å². The zero-order chi connectivity index (χ0) is 12.6. The summed E-state index contributed by atoms with van der Waals surface area (Å²) < 4.78 is 0. The Balaban J connectivity index is 0.00000180. The van der Waals surface area contributed by atoms with Crippen molar-refractivity contribution in [3.05, 3.63) is 103 Å². The fourth-order valence-electron chi connectivity index (χ4n) is 1.75. The molecule has 0 amide bonds. The second-order valence-corrected chi connectivity index (χ2v) is 4.00. The van der Waals surface area contributed by atoms with Crippen LogP contribution in [0.1, 0.15) is 12.0 Å². The van der Waals surface area contributed by atoms with Gasteiger partial charge in [0.05, 0.1) is 0 Å². The normalized spacial score (nSPS) is 14.9. The van der Waals surface area contributed by atoms with Crippen molar-refractivity contribution in [1.82, 2.24) is 0 Å². The van der Waals surface area contributed by atoms with Gasteiger partial charge in [0.1, 0.15) is 0 Å². The largest absolute Gasteiger partial charge is 1.00 e. The zero-order valence-corrected chi connectivity index (χ0v) is 14.5. The molecule has 0 heterocycles. The van der Waals surface area contributed by atoms with Crippen LogP contribution in [0.4, 0.5) is 0 Å². The first-order valence-electron chi connectivity index (χ1n) is 6.08. The van der Waals surface area contributed by atoms with E-state index < -0.39 is 0 Å². The van der Waals surface area contributed by atoms with Crippen LogP contribution in [0.25, 0.3) is 0 Å². The van der Waals surface area contributed by atoms with Gasteiger partial charge in [-0.1, -0.05) is 42.0 Å². The molecule has 90 valence electrons. The number of allylic oxidation sites excluding steroid dienone is 9. The van der Waals surface area contributed by atoms with Crippen LogP contribution >= 0.6 is 0 Å². The Morgan fingerprint density at radius 2 is 1.95 bits per heavy atom. The van der Waals surface area contributed by atoms with E-state index in [2.05, 4.69) is 43.4 Å². The maximum atomic E-state index is 3.88. The Bertz CT molecular complexity index is 528. The van der Waals surface area contributed by atoms with E-state index >= 15 is 0 Å². The standard InChI is InChI=1S/C18H16.K/c1-2-17(18-12-8-3-4-9-13-18)15-14-16-10-6-5-7-11-16;/h2-8,10-13,15H,1,9H2;/q-2;+1/b17-2+;. The summed E-state index contributed by atoms with van der Waals surface area (Å²) in [6.45, 7) is 3.88. The van der Waals surface area contributed by atoms with Crippen LogP contribution in [-0.2, 0) is 0 Å². The van der Waals surface area contributed by atoms with E-state index in [9.17, 15) is 0 Å². The van der Waals surface area contributed by atoms with Crippen LogP contribution in [0.2, 0.25) is 0 Å². The summed E-state index contributed by atoms with van der Waals surface area (Å²) in [6.07, 6.45) is 18.7. The topological polar surface area (TPSA) is 0 Å². The average molecular weight is 271 g/mol. The van der Waals surface area contributed by atoms with E-state index in [1.54, 1.807) is 0 Å². The molecule has 0 bridgehead atoms. The van der Waals surface area contributed by atoms with Crippen molar-refractivity contribution in [3.8, 4) is 0 Å². The molecule has 19 heavy (non-hydrogen) atoms. The number of hydrogen-bond donors (Lipinski definition) is 0. The fraction of sp³-hybridized carbons (Fsp3) is 0.0556. The molecule has 0 nitrogen and oxygen atoms in total. The SMILES string of the molecule is [CH2-]/C=C(\C=[C-]c1ccccc1)C1=CCC=CC=C1.[K+]. The smallest absolute Gasteiger partial charge is 0.236 e. The number of hydrogen-bond acceptors (Lipinski definition) is 0. The second kappa shape index (κ2) is 9.35. The van der Waals surface area contributed by atoms with E-state index in [1.807, 2.05) is 42.5 Å². The third kappa shape index (κ3) is 5.51. The zero-order valence-electron chi connectivity index (χ0n) is 11.3. The van der Waals surface area contributed by atoms with Crippen molar-refractivity contribution in [2.75, 3.05) is 0 Å². The van der Waals surface area contributed by atoms with Crippen molar-refractivity contribution in [3.63, 3.8) is 0 Å². The van der Waals surface area contributed by atoms with Gasteiger partial charge >= 0.3 is 51.4 Å². The van der Waals surface area contributed by atoms with Crippen molar-refractivity contribution >= 4 is 0 Å². The van der Waals surface area contributed by atoms with Gasteiger partial charge in [-0.05, 0) is 6.42 Å². The van der Waals surface area contributed by atoms with Crippen LogP contribution in [0.5, 0.6) is 0 Å².